The molecule has 0 radical (unpaired) electrons. The Balaban J connectivity index is 1.89. The molecule has 5 heteroatoms. The predicted octanol–water partition coefficient (Wildman–Crippen LogP) is 1.27. The van der Waals surface area contributed by atoms with E-state index in [9.17, 15) is 4.79 Å². The van der Waals surface area contributed by atoms with Gasteiger partial charge >= 0.3 is 5.76 Å². The molecule has 1 aromatic carbocycles. The molecule has 1 heterocycles. The van der Waals surface area contributed by atoms with E-state index in [2.05, 4.69) is 10.3 Å². The van der Waals surface area contributed by atoms with Crippen LogP contribution in [0.4, 0.5) is 0 Å². The fourth-order valence-corrected chi connectivity index (χ4v) is 1.86. The van der Waals surface area contributed by atoms with Crippen LogP contribution in [0.1, 0.15) is 19.4 Å². The summed E-state index contributed by atoms with van der Waals surface area (Å²) in [5.74, 6) is -0.421. The molecule has 0 amide bonds. The molecule has 0 saturated heterocycles. The standard InChI is InChI=1S/C14H20N2O3/c1-14(2,9-17)8-15-6-5-10-3-4-11-12(7-10)19-13(18)16-11/h3-4,7,15,17H,5-6,8-9H2,1-2H3,(H,16,18). The van der Waals surface area contributed by atoms with Crippen LogP contribution < -0.4 is 11.1 Å². The van der Waals surface area contributed by atoms with Gasteiger partial charge in [-0.25, -0.2) is 4.79 Å². The molecule has 0 aliphatic rings. The number of aromatic nitrogens is 1. The first-order chi connectivity index (χ1) is 9.00. The number of fused-ring (bicyclic) bond motifs is 1. The number of aliphatic hydroxyl groups is 1. The minimum Gasteiger partial charge on any atom is -0.408 e. The molecular formula is C14H20N2O3. The van der Waals surface area contributed by atoms with Crippen molar-refractivity contribution >= 4 is 11.1 Å². The third-order valence-corrected chi connectivity index (χ3v) is 3.11. The fraction of sp³-hybridized carbons (Fsp3) is 0.500. The lowest BCUT2D eigenvalue weighted by Gasteiger charge is -2.21. The van der Waals surface area contributed by atoms with E-state index in [0.717, 1.165) is 30.6 Å². The molecule has 0 bridgehead atoms. The Morgan fingerprint density at radius 2 is 2.21 bits per heavy atom. The third-order valence-electron chi connectivity index (χ3n) is 3.11. The van der Waals surface area contributed by atoms with Crippen LogP contribution in [0.3, 0.4) is 0 Å². The predicted molar refractivity (Wildman–Crippen MR) is 74.3 cm³/mol. The van der Waals surface area contributed by atoms with E-state index in [0.29, 0.717) is 5.58 Å². The van der Waals surface area contributed by atoms with E-state index in [-0.39, 0.29) is 12.0 Å². The topological polar surface area (TPSA) is 78.3 Å². The van der Waals surface area contributed by atoms with Crippen molar-refractivity contribution in [1.82, 2.24) is 10.3 Å². The molecule has 0 fully saturated rings. The molecule has 0 spiro atoms. The molecule has 2 aromatic rings. The molecule has 0 unspecified atom stereocenters. The SMILES string of the molecule is CC(C)(CO)CNCCc1ccc2[nH]c(=O)oc2c1. The van der Waals surface area contributed by atoms with Crippen molar-refractivity contribution in [3.8, 4) is 0 Å². The lowest BCUT2D eigenvalue weighted by Crippen LogP contribution is -2.33. The van der Waals surface area contributed by atoms with Crippen LogP contribution in [0.15, 0.2) is 27.4 Å². The van der Waals surface area contributed by atoms with Gasteiger partial charge in [-0.3, -0.25) is 4.98 Å². The number of nitrogens with one attached hydrogen (secondary N) is 2. The molecule has 2 rings (SSSR count). The Morgan fingerprint density at radius 3 is 2.95 bits per heavy atom. The number of oxazole rings is 1. The summed E-state index contributed by atoms with van der Waals surface area (Å²) in [6.07, 6.45) is 0.854. The van der Waals surface area contributed by atoms with Gasteiger partial charge in [0.25, 0.3) is 0 Å². The van der Waals surface area contributed by atoms with Crippen LogP contribution in [0.5, 0.6) is 0 Å². The van der Waals surface area contributed by atoms with Gasteiger partial charge in [-0.15, -0.1) is 0 Å². The Labute approximate surface area is 111 Å². The average Bonchev–Trinajstić information content (AvgIpc) is 2.74. The molecule has 0 aliphatic carbocycles. The van der Waals surface area contributed by atoms with Gasteiger partial charge in [-0.05, 0) is 30.7 Å². The first-order valence-corrected chi connectivity index (χ1v) is 6.43. The zero-order valence-corrected chi connectivity index (χ0v) is 11.3. The fourth-order valence-electron chi connectivity index (χ4n) is 1.86. The van der Waals surface area contributed by atoms with Crippen molar-refractivity contribution in [2.24, 2.45) is 5.41 Å². The highest BCUT2D eigenvalue weighted by Gasteiger charge is 2.15. The summed E-state index contributed by atoms with van der Waals surface area (Å²) >= 11 is 0. The van der Waals surface area contributed by atoms with Gasteiger partial charge in [-0.2, -0.15) is 0 Å². The number of H-pyrrole nitrogens is 1. The summed E-state index contributed by atoms with van der Waals surface area (Å²) in [5, 5.41) is 12.5. The lowest BCUT2D eigenvalue weighted by atomic mass is 9.95. The minimum atomic E-state index is -0.421. The van der Waals surface area contributed by atoms with E-state index in [4.69, 9.17) is 9.52 Å². The molecule has 1 aromatic heterocycles. The van der Waals surface area contributed by atoms with Gasteiger partial charge < -0.3 is 14.8 Å². The summed E-state index contributed by atoms with van der Waals surface area (Å²) in [6.45, 7) is 5.79. The highest BCUT2D eigenvalue weighted by molar-refractivity contribution is 5.72. The van der Waals surface area contributed by atoms with Crippen LogP contribution in [0.2, 0.25) is 0 Å². The lowest BCUT2D eigenvalue weighted by molar-refractivity contribution is 0.157. The maximum Gasteiger partial charge on any atom is 0.417 e. The van der Waals surface area contributed by atoms with Crippen molar-refractivity contribution < 1.29 is 9.52 Å². The van der Waals surface area contributed by atoms with Crippen molar-refractivity contribution in [2.75, 3.05) is 19.7 Å². The van der Waals surface area contributed by atoms with Gasteiger partial charge in [0.2, 0.25) is 0 Å². The summed E-state index contributed by atoms with van der Waals surface area (Å²) in [7, 11) is 0. The van der Waals surface area contributed by atoms with E-state index in [1.54, 1.807) is 0 Å². The zero-order chi connectivity index (χ0) is 13.9. The maximum absolute atomic E-state index is 11.0. The molecular weight excluding hydrogens is 244 g/mol. The maximum atomic E-state index is 11.0. The van der Waals surface area contributed by atoms with Crippen LogP contribution in [-0.4, -0.2) is 29.8 Å². The smallest absolute Gasteiger partial charge is 0.408 e. The summed E-state index contributed by atoms with van der Waals surface area (Å²) in [4.78, 5) is 13.7. The van der Waals surface area contributed by atoms with Crippen LogP contribution >= 0.6 is 0 Å². The van der Waals surface area contributed by atoms with Crippen molar-refractivity contribution in [3.05, 3.63) is 34.3 Å². The summed E-state index contributed by atoms with van der Waals surface area (Å²) < 4.78 is 5.02. The number of hydrogen-bond donors (Lipinski definition) is 3. The second kappa shape index (κ2) is 5.59. The Morgan fingerprint density at radius 1 is 1.42 bits per heavy atom. The number of rotatable bonds is 6. The number of benzene rings is 1. The zero-order valence-electron chi connectivity index (χ0n) is 11.3. The molecule has 19 heavy (non-hydrogen) atoms. The Kier molecular flexibility index (Phi) is 4.07. The van der Waals surface area contributed by atoms with Crippen molar-refractivity contribution in [1.29, 1.82) is 0 Å². The number of hydrogen-bond acceptors (Lipinski definition) is 4. The largest absolute Gasteiger partial charge is 0.417 e. The summed E-state index contributed by atoms with van der Waals surface area (Å²) in [5.41, 5.74) is 2.34. The van der Waals surface area contributed by atoms with Gasteiger partial charge in [0.15, 0.2) is 5.58 Å². The number of aliphatic hydroxyl groups excluding tert-OH is 1. The van der Waals surface area contributed by atoms with E-state index in [1.165, 1.54) is 0 Å². The van der Waals surface area contributed by atoms with Gasteiger partial charge in [0.1, 0.15) is 0 Å². The van der Waals surface area contributed by atoms with Crippen LogP contribution in [0.25, 0.3) is 11.1 Å². The van der Waals surface area contributed by atoms with Crippen LogP contribution in [-0.2, 0) is 6.42 Å². The normalized spacial score (nSPS) is 12.2. The minimum absolute atomic E-state index is 0.0998. The van der Waals surface area contributed by atoms with E-state index >= 15 is 0 Å². The average molecular weight is 264 g/mol. The van der Waals surface area contributed by atoms with Crippen molar-refractivity contribution in [2.45, 2.75) is 20.3 Å². The quantitative estimate of drug-likeness (QED) is 0.687. The van der Waals surface area contributed by atoms with E-state index in [1.807, 2.05) is 32.0 Å². The molecule has 0 atom stereocenters. The first kappa shape index (κ1) is 13.8. The molecule has 3 N–H and O–H groups in total. The first-order valence-electron chi connectivity index (χ1n) is 6.43. The van der Waals surface area contributed by atoms with Crippen LogP contribution in [0, 0.1) is 5.41 Å². The highest BCUT2D eigenvalue weighted by Crippen LogP contribution is 2.13. The Hall–Kier alpha value is -1.59. The van der Waals surface area contributed by atoms with Gasteiger partial charge in [-0.1, -0.05) is 19.9 Å². The van der Waals surface area contributed by atoms with Gasteiger partial charge in [0.05, 0.1) is 5.52 Å². The van der Waals surface area contributed by atoms with E-state index < -0.39 is 5.76 Å². The Bertz CT molecular complexity index is 598. The van der Waals surface area contributed by atoms with Crippen molar-refractivity contribution in [3.63, 3.8) is 0 Å². The molecule has 0 saturated carbocycles. The highest BCUT2D eigenvalue weighted by atomic mass is 16.4. The molecule has 0 aliphatic heterocycles. The molecule has 5 nitrogen and oxygen atoms in total. The monoisotopic (exact) mass is 264 g/mol. The molecule has 104 valence electrons. The second-order valence-corrected chi connectivity index (χ2v) is 5.59. The summed E-state index contributed by atoms with van der Waals surface area (Å²) in [6, 6.07) is 5.71. The van der Waals surface area contributed by atoms with Gasteiger partial charge in [0, 0.05) is 18.6 Å². The third kappa shape index (κ3) is 3.68. The number of aromatic amines is 1. The second-order valence-electron chi connectivity index (χ2n) is 5.59.